The Kier molecular flexibility index (Phi) is 8.69. The van der Waals surface area contributed by atoms with Crippen LogP contribution in [0.3, 0.4) is 0 Å². The van der Waals surface area contributed by atoms with Crippen LogP contribution in [0.15, 0.2) is 51.8 Å². The quantitative estimate of drug-likeness (QED) is 0.483. The second kappa shape index (κ2) is 10.9. The van der Waals surface area contributed by atoms with Gasteiger partial charge in [0.2, 0.25) is 0 Å². The number of carbonyl (C=O) groups excluding carboxylic acids is 1. The molecule has 1 heterocycles. The van der Waals surface area contributed by atoms with Gasteiger partial charge in [-0.25, -0.2) is 0 Å². The van der Waals surface area contributed by atoms with E-state index in [0.29, 0.717) is 6.42 Å². The van der Waals surface area contributed by atoms with E-state index in [2.05, 4.69) is 66.1 Å². The molecule has 1 unspecified atom stereocenters. The fraction of sp³-hybridized carbons (Fsp3) is 0.222. The summed E-state index contributed by atoms with van der Waals surface area (Å²) in [6.45, 7) is 4.34. The third-order valence-electron chi connectivity index (χ3n) is 5.61. The zero-order valence-electron chi connectivity index (χ0n) is 17.7. The number of rotatable bonds is 2. The van der Waals surface area contributed by atoms with E-state index in [9.17, 15) is 4.79 Å². The summed E-state index contributed by atoms with van der Waals surface area (Å²) in [5.74, 6) is 1.45. The zero-order chi connectivity index (χ0) is 21.1. The van der Waals surface area contributed by atoms with E-state index in [1.54, 1.807) is 0 Å². The van der Waals surface area contributed by atoms with Crippen molar-refractivity contribution in [3.8, 4) is 0 Å². The molecule has 2 nitrogen and oxygen atoms in total. The van der Waals surface area contributed by atoms with Gasteiger partial charge in [-0.3, -0.25) is 4.79 Å². The Labute approximate surface area is 207 Å². The largest absolute Gasteiger partial charge is 2.00 e. The molecule has 2 fully saturated rings. The molecule has 31 heavy (non-hydrogen) atoms. The van der Waals surface area contributed by atoms with Crippen LogP contribution in [0.5, 0.6) is 0 Å². The van der Waals surface area contributed by atoms with E-state index in [1.165, 1.54) is 5.92 Å². The van der Waals surface area contributed by atoms with Crippen molar-refractivity contribution in [2.45, 2.75) is 32.6 Å². The third-order valence-corrected chi connectivity index (χ3v) is 6.14. The van der Waals surface area contributed by atoms with Gasteiger partial charge in [0.25, 0.3) is 0 Å². The van der Waals surface area contributed by atoms with Crippen molar-refractivity contribution in [2.24, 2.45) is 5.41 Å². The van der Waals surface area contributed by atoms with E-state index in [0.717, 1.165) is 33.4 Å². The minimum absolute atomic E-state index is 0. The maximum atomic E-state index is 13.0. The Hall–Kier alpha value is -0.831. The van der Waals surface area contributed by atoms with Gasteiger partial charge in [-0.05, 0) is 87.3 Å². The molecule has 0 amide bonds. The molecule has 0 bridgehead atoms. The number of ketones is 1. The number of hydrogen-bond acceptors (Lipinski definition) is 2. The van der Waals surface area contributed by atoms with Crippen molar-refractivity contribution in [3.05, 3.63) is 121 Å². The SMILES string of the molecule is CC1(C)CC(=O)C2=C(C1)NC([C]1[CH][CH][CH][CH]1)=CC2c1ccc(Br)cc1.[CH]1[CH][CH][CH][CH]1.[Fe+2]. The predicted molar refractivity (Wildman–Crippen MR) is 125 cm³/mol. The minimum atomic E-state index is 0. The maximum absolute atomic E-state index is 13.0. The average molecular weight is 516 g/mol. The van der Waals surface area contributed by atoms with E-state index in [4.69, 9.17) is 0 Å². The van der Waals surface area contributed by atoms with Crippen LogP contribution in [0, 0.1) is 69.1 Å². The van der Waals surface area contributed by atoms with Crippen LogP contribution >= 0.6 is 15.9 Å². The Morgan fingerprint density at radius 3 is 2.06 bits per heavy atom. The van der Waals surface area contributed by atoms with Crippen LogP contribution in [-0.4, -0.2) is 5.78 Å². The van der Waals surface area contributed by atoms with Crippen molar-refractivity contribution >= 4 is 21.7 Å². The van der Waals surface area contributed by atoms with Gasteiger partial charge >= 0.3 is 17.1 Å². The molecule has 5 rings (SSSR count). The van der Waals surface area contributed by atoms with Crippen molar-refractivity contribution in [1.82, 2.24) is 5.32 Å². The normalized spacial score (nSPS) is 25.1. The molecule has 1 aliphatic heterocycles. The molecule has 1 aromatic carbocycles. The van der Waals surface area contributed by atoms with Gasteiger partial charge in [-0.15, -0.1) is 0 Å². The first-order valence-corrected chi connectivity index (χ1v) is 11.1. The number of dihydropyridines is 1. The number of benzene rings is 1. The van der Waals surface area contributed by atoms with Gasteiger partial charge in [0.15, 0.2) is 5.78 Å². The monoisotopic (exact) mass is 515 g/mol. The van der Waals surface area contributed by atoms with Crippen molar-refractivity contribution in [1.29, 1.82) is 0 Å². The van der Waals surface area contributed by atoms with Gasteiger partial charge in [0.05, 0.1) is 0 Å². The second-order valence-corrected chi connectivity index (χ2v) is 9.62. The topological polar surface area (TPSA) is 29.1 Å². The average Bonchev–Trinajstić information content (AvgIpc) is 3.43. The van der Waals surface area contributed by atoms with Crippen LogP contribution in [-0.2, 0) is 21.9 Å². The molecular formula is C27H26BrFeNO+2. The minimum Gasteiger partial charge on any atom is -0.362 e. The summed E-state index contributed by atoms with van der Waals surface area (Å²) in [6.07, 6.45) is 22.0. The van der Waals surface area contributed by atoms with E-state index in [-0.39, 0.29) is 34.2 Å². The molecule has 0 aromatic heterocycles. The van der Waals surface area contributed by atoms with E-state index >= 15 is 0 Å². The van der Waals surface area contributed by atoms with Crippen molar-refractivity contribution < 1.29 is 21.9 Å². The third kappa shape index (κ3) is 6.15. The van der Waals surface area contributed by atoms with Crippen LogP contribution in [0.25, 0.3) is 0 Å². The number of Topliss-reactive ketones (excluding diaryl/α,β-unsaturated/α-hetero) is 1. The molecule has 1 aromatic rings. The maximum Gasteiger partial charge on any atom is 2.00 e. The second-order valence-electron chi connectivity index (χ2n) is 8.70. The van der Waals surface area contributed by atoms with Crippen LogP contribution in [0.1, 0.15) is 38.2 Å². The summed E-state index contributed by atoms with van der Waals surface area (Å²) < 4.78 is 1.05. The van der Waals surface area contributed by atoms with Gasteiger partial charge in [-0.2, -0.15) is 0 Å². The summed E-state index contributed by atoms with van der Waals surface area (Å²) in [5, 5.41) is 3.57. The molecular weight excluding hydrogens is 490 g/mol. The summed E-state index contributed by atoms with van der Waals surface area (Å²) in [6, 6.07) is 8.31. The molecule has 0 saturated heterocycles. The van der Waals surface area contributed by atoms with E-state index < -0.39 is 0 Å². The number of nitrogens with one attached hydrogen (secondary N) is 1. The summed E-state index contributed by atoms with van der Waals surface area (Å²) >= 11 is 3.50. The fourth-order valence-electron chi connectivity index (χ4n) is 4.24. The van der Waals surface area contributed by atoms with Gasteiger partial charge < -0.3 is 5.32 Å². The fourth-order valence-corrected chi connectivity index (χ4v) is 4.50. The van der Waals surface area contributed by atoms with Crippen LogP contribution < -0.4 is 5.32 Å². The number of allylic oxidation sites excluding steroid dienone is 4. The standard InChI is InChI=1S/C22H21BrNO.C5H5.Fe/c1-22(2)12-19-21(20(25)13-22)17(14-7-9-16(23)10-8-14)11-18(24-19)15-5-3-4-6-15;1-2-4-5-3-1;/h3-11,17,24H,12-13H2,1-2H3;1-5H;/q;;+2. The molecule has 0 spiro atoms. The number of hydrogen-bond donors (Lipinski definition) is 1. The first kappa shape index (κ1) is 24.8. The molecule has 1 N–H and O–H groups in total. The summed E-state index contributed by atoms with van der Waals surface area (Å²) in [4.78, 5) is 13.0. The summed E-state index contributed by atoms with van der Waals surface area (Å²) in [5.41, 5.74) is 4.29. The molecule has 4 aliphatic rings. The molecule has 4 heteroatoms. The van der Waals surface area contributed by atoms with Crippen molar-refractivity contribution in [3.63, 3.8) is 0 Å². The van der Waals surface area contributed by atoms with Crippen LogP contribution in [0.2, 0.25) is 0 Å². The Morgan fingerprint density at radius 2 is 1.48 bits per heavy atom. The Bertz CT molecular complexity index is 822. The summed E-state index contributed by atoms with van der Waals surface area (Å²) in [7, 11) is 0. The Balaban J connectivity index is 0.000000401. The van der Waals surface area contributed by atoms with Gasteiger partial charge in [0, 0.05) is 39.7 Å². The molecule has 3 aliphatic carbocycles. The van der Waals surface area contributed by atoms with Crippen LogP contribution in [0.4, 0.5) is 0 Å². The Morgan fingerprint density at radius 1 is 0.903 bits per heavy atom. The predicted octanol–water partition coefficient (Wildman–Crippen LogP) is 6.09. The molecule has 158 valence electrons. The van der Waals surface area contributed by atoms with Crippen molar-refractivity contribution in [2.75, 3.05) is 0 Å². The first-order chi connectivity index (χ1) is 14.4. The zero-order valence-corrected chi connectivity index (χ0v) is 20.4. The molecule has 10 radical (unpaired) electrons. The smallest absolute Gasteiger partial charge is 0.362 e. The first-order valence-electron chi connectivity index (χ1n) is 10.3. The van der Waals surface area contributed by atoms with Gasteiger partial charge in [-0.1, -0.05) is 48.0 Å². The number of halogens is 1. The van der Waals surface area contributed by atoms with E-state index in [1.807, 2.05) is 57.1 Å². The molecule has 1 atom stereocenters. The number of carbonyl (C=O) groups is 1. The van der Waals surface area contributed by atoms with Gasteiger partial charge in [0.1, 0.15) is 0 Å². The molecule has 2 saturated carbocycles.